The van der Waals surface area contributed by atoms with Gasteiger partial charge in [-0.1, -0.05) is 63.2 Å². The highest BCUT2D eigenvalue weighted by molar-refractivity contribution is 5.72. The normalized spacial score (nSPS) is 13.7. The van der Waals surface area contributed by atoms with Crippen LogP contribution >= 0.6 is 0 Å². The number of nitrogens with zero attached hydrogens (tertiary/aromatic N) is 1. The lowest BCUT2D eigenvalue weighted by Gasteiger charge is -2.45. The van der Waals surface area contributed by atoms with Gasteiger partial charge >= 0.3 is 5.97 Å². The van der Waals surface area contributed by atoms with E-state index in [-0.39, 0.29) is 12.1 Å². The first kappa shape index (κ1) is 18.4. The van der Waals surface area contributed by atoms with Crippen molar-refractivity contribution in [1.82, 2.24) is 0 Å². The third-order valence-electron chi connectivity index (χ3n) is 4.41. The highest BCUT2D eigenvalue weighted by Gasteiger charge is 2.46. The van der Waals surface area contributed by atoms with E-state index in [2.05, 4.69) is 5.32 Å². The number of carboxylic acid groups (broad SMARTS) is 1. The number of nitro benzene ring substituents is 1. The molecule has 2 N–H and O–H groups in total. The average molecular weight is 342 g/mol. The van der Waals surface area contributed by atoms with E-state index >= 15 is 0 Å². The molecule has 0 saturated heterocycles. The van der Waals surface area contributed by atoms with Gasteiger partial charge in [0, 0.05) is 6.07 Å². The van der Waals surface area contributed by atoms with E-state index in [0.717, 1.165) is 5.56 Å². The topological polar surface area (TPSA) is 92.5 Å². The maximum Gasteiger partial charge on any atom is 0.306 e. The summed E-state index contributed by atoms with van der Waals surface area (Å²) in [7, 11) is 0. The molecule has 0 aliphatic heterocycles. The van der Waals surface area contributed by atoms with Crippen molar-refractivity contribution in [2.75, 3.05) is 5.32 Å². The van der Waals surface area contributed by atoms with Crippen LogP contribution in [0.4, 0.5) is 11.4 Å². The van der Waals surface area contributed by atoms with Gasteiger partial charge in [-0.05, 0) is 17.0 Å². The summed E-state index contributed by atoms with van der Waals surface area (Å²) in [6.07, 6.45) is -0.216. The highest BCUT2D eigenvalue weighted by Crippen LogP contribution is 2.46. The Hall–Kier alpha value is -2.89. The van der Waals surface area contributed by atoms with Crippen LogP contribution in [0.15, 0.2) is 54.6 Å². The van der Waals surface area contributed by atoms with Crippen molar-refractivity contribution in [2.45, 2.75) is 32.7 Å². The van der Waals surface area contributed by atoms with E-state index in [1.165, 1.54) is 6.07 Å². The van der Waals surface area contributed by atoms with E-state index in [0.29, 0.717) is 5.69 Å². The molecule has 2 aromatic rings. The first-order chi connectivity index (χ1) is 11.7. The lowest BCUT2D eigenvalue weighted by atomic mass is 9.67. The fourth-order valence-corrected chi connectivity index (χ4v) is 3.02. The molecule has 6 nitrogen and oxygen atoms in total. The van der Waals surface area contributed by atoms with Gasteiger partial charge in [-0.15, -0.1) is 0 Å². The summed E-state index contributed by atoms with van der Waals surface area (Å²) in [4.78, 5) is 22.6. The van der Waals surface area contributed by atoms with E-state index in [1.807, 2.05) is 51.1 Å². The second-order valence-corrected chi connectivity index (χ2v) is 6.99. The minimum atomic E-state index is -1.02. The Kier molecular flexibility index (Phi) is 5.11. The number of rotatable bonds is 6. The molecule has 0 aromatic heterocycles. The van der Waals surface area contributed by atoms with E-state index < -0.39 is 21.8 Å². The molecule has 6 heteroatoms. The van der Waals surface area contributed by atoms with Gasteiger partial charge in [0.2, 0.25) is 0 Å². The Balaban J connectivity index is 2.67. The Bertz CT molecular complexity index is 768. The molecule has 1 atom stereocenters. The van der Waals surface area contributed by atoms with Crippen LogP contribution in [0, 0.1) is 15.5 Å². The van der Waals surface area contributed by atoms with Gasteiger partial charge in [-0.2, -0.15) is 0 Å². The Morgan fingerprint density at radius 1 is 1.08 bits per heavy atom. The van der Waals surface area contributed by atoms with Crippen molar-refractivity contribution in [2.24, 2.45) is 5.41 Å². The maximum atomic E-state index is 11.7. The molecule has 0 saturated carbocycles. The second-order valence-electron chi connectivity index (χ2n) is 6.99. The van der Waals surface area contributed by atoms with Crippen LogP contribution in [0.5, 0.6) is 0 Å². The van der Waals surface area contributed by atoms with Gasteiger partial charge in [0.05, 0.1) is 16.9 Å². The lowest BCUT2D eigenvalue weighted by Crippen LogP contribution is -2.48. The molecule has 2 rings (SSSR count). The van der Waals surface area contributed by atoms with Crippen molar-refractivity contribution in [3.8, 4) is 0 Å². The lowest BCUT2D eigenvalue weighted by molar-refractivity contribution is -0.384. The van der Waals surface area contributed by atoms with E-state index in [1.54, 1.807) is 18.2 Å². The first-order valence-electron chi connectivity index (χ1n) is 7.96. The summed E-state index contributed by atoms with van der Waals surface area (Å²) in [6.45, 7) is 5.76. The Morgan fingerprint density at radius 3 is 2.16 bits per heavy atom. The zero-order valence-electron chi connectivity index (χ0n) is 14.5. The van der Waals surface area contributed by atoms with Crippen LogP contribution in [-0.4, -0.2) is 16.0 Å². The molecule has 0 spiro atoms. The fraction of sp³-hybridized carbons (Fsp3) is 0.316. The van der Waals surface area contributed by atoms with Crippen LogP contribution in [0.2, 0.25) is 0 Å². The van der Waals surface area contributed by atoms with Crippen LogP contribution in [-0.2, 0) is 10.3 Å². The molecule has 25 heavy (non-hydrogen) atoms. The van der Waals surface area contributed by atoms with Crippen molar-refractivity contribution in [1.29, 1.82) is 0 Å². The van der Waals surface area contributed by atoms with Crippen LogP contribution < -0.4 is 5.32 Å². The van der Waals surface area contributed by atoms with Gasteiger partial charge in [-0.25, -0.2) is 0 Å². The molecule has 0 amide bonds. The van der Waals surface area contributed by atoms with E-state index in [4.69, 9.17) is 0 Å². The quantitative estimate of drug-likeness (QED) is 0.599. The van der Waals surface area contributed by atoms with Crippen LogP contribution in [0.25, 0.3) is 0 Å². The molecule has 0 unspecified atom stereocenters. The van der Waals surface area contributed by atoms with Gasteiger partial charge in [0.25, 0.3) is 5.69 Å². The molecule has 0 bridgehead atoms. The molecule has 0 radical (unpaired) electrons. The molecule has 2 aromatic carbocycles. The Morgan fingerprint density at radius 2 is 1.64 bits per heavy atom. The maximum absolute atomic E-state index is 11.7. The van der Waals surface area contributed by atoms with Crippen LogP contribution in [0.3, 0.4) is 0 Å². The molecular weight excluding hydrogens is 320 g/mol. The third-order valence-corrected chi connectivity index (χ3v) is 4.41. The molecule has 0 aliphatic rings. The number of carbonyl (C=O) groups is 1. The predicted octanol–water partition coefficient (Wildman–Crippen LogP) is 4.42. The minimum absolute atomic E-state index is 0.0857. The molecule has 0 heterocycles. The highest BCUT2D eigenvalue weighted by atomic mass is 16.6. The summed E-state index contributed by atoms with van der Waals surface area (Å²) in [5, 5.41) is 24.1. The molecule has 0 fully saturated rings. The molecule has 132 valence electrons. The Labute approximate surface area is 146 Å². The van der Waals surface area contributed by atoms with Gasteiger partial charge < -0.3 is 10.4 Å². The smallest absolute Gasteiger partial charge is 0.306 e. The number of nitrogens with one attached hydrogen (secondary N) is 1. The average Bonchev–Trinajstić information content (AvgIpc) is 2.53. The summed E-state index contributed by atoms with van der Waals surface area (Å²) >= 11 is 0. The number of benzene rings is 2. The SMILES string of the molecule is CC(C)(C)[C@@](CC(=O)O)(Nc1ccccc1[N+](=O)[O-])c1ccccc1. The van der Waals surface area contributed by atoms with Crippen molar-refractivity contribution in [3.63, 3.8) is 0 Å². The number of aliphatic carboxylic acids is 1. The standard InChI is InChI=1S/C19H22N2O4/c1-18(2,3)19(13-17(22)23,14-9-5-4-6-10-14)20-15-11-7-8-12-16(15)21(24)25/h4-12,20H,13H2,1-3H3,(H,22,23)/t19-/m0/s1. The minimum Gasteiger partial charge on any atom is -0.481 e. The summed E-state index contributed by atoms with van der Waals surface area (Å²) in [5.74, 6) is -0.982. The summed E-state index contributed by atoms with van der Waals surface area (Å²) < 4.78 is 0. The molecule has 0 aliphatic carbocycles. The van der Waals surface area contributed by atoms with Gasteiger partial charge in [0.1, 0.15) is 5.69 Å². The predicted molar refractivity (Wildman–Crippen MR) is 96.5 cm³/mol. The third kappa shape index (κ3) is 3.79. The number of hydrogen-bond acceptors (Lipinski definition) is 4. The fourth-order valence-electron chi connectivity index (χ4n) is 3.02. The van der Waals surface area contributed by atoms with Gasteiger partial charge in [-0.3, -0.25) is 14.9 Å². The number of hydrogen-bond donors (Lipinski definition) is 2. The second kappa shape index (κ2) is 6.93. The number of carboxylic acids is 1. The van der Waals surface area contributed by atoms with Crippen molar-refractivity contribution in [3.05, 3.63) is 70.3 Å². The zero-order chi connectivity index (χ0) is 18.7. The monoisotopic (exact) mass is 342 g/mol. The zero-order valence-corrected chi connectivity index (χ0v) is 14.5. The number of nitro groups is 1. The van der Waals surface area contributed by atoms with Crippen molar-refractivity contribution < 1.29 is 14.8 Å². The number of para-hydroxylation sites is 2. The largest absolute Gasteiger partial charge is 0.481 e. The van der Waals surface area contributed by atoms with E-state index in [9.17, 15) is 20.0 Å². The summed E-state index contributed by atoms with van der Waals surface area (Å²) in [6, 6.07) is 15.5. The first-order valence-corrected chi connectivity index (χ1v) is 7.96. The van der Waals surface area contributed by atoms with Gasteiger partial charge in [0.15, 0.2) is 0 Å². The molecular formula is C19H22N2O4. The van der Waals surface area contributed by atoms with Crippen molar-refractivity contribution >= 4 is 17.3 Å². The number of anilines is 1. The van der Waals surface area contributed by atoms with Crippen LogP contribution in [0.1, 0.15) is 32.8 Å². The summed E-state index contributed by atoms with van der Waals surface area (Å²) in [5.41, 5.74) is -0.573.